The van der Waals surface area contributed by atoms with Crippen LogP contribution < -0.4 is 21.3 Å². The summed E-state index contributed by atoms with van der Waals surface area (Å²) < 4.78 is 92.3. The summed E-state index contributed by atoms with van der Waals surface area (Å²) in [4.78, 5) is 31.1. The fraction of sp³-hybridized carbons (Fsp3) is 1.00. The van der Waals surface area contributed by atoms with Gasteiger partial charge in [0.25, 0.3) is 0 Å². The Hall–Kier alpha value is -0.360. The topological polar surface area (TPSA) is 182 Å². The van der Waals surface area contributed by atoms with Gasteiger partial charge in [0.1, 0.15) is 0 Å². The highest BCUT2D eigenvalue weighted by Gasteiger charge is 2.32. The van der Waals surface area contributed by atoms with Crippen molar-refractivity contribution < 1.29 is 64.1 Å². The van der Waals surface area contributed by atoms with Gasteiger partial charge in [-0.15, -0.1) is 0 Å². The Morgan fingerprint density at radius 1 is 0.583 bits per heavy atom. The molecule has 12 nitrogen and oxygen atoms in total. The Labute approximate surface area is 209 Å². The maximum atomic E-state index is 11.1. The van der Waals surface area contributed by atoms with E-state index in [1.54, 1.807) is 0 Å². The van der Waals surface area contributed by atoms with Gasteiger partial charge in [0.15, 0.2) is 13.2 Å². The van der Waals surface area contributed by atoms with Gasteiger partial charge in [-0.2, -0.15) is 26.3 Å². The van der Waals surface area contributed by atoms with Crippen molar-refractivity contribution in [2.24, 2.45) is 0 Å². The second-order valence-electron chi connectivity index (χ2n) is 5.67. The molecule has 0 amide bonds. The standard InChI is InChI=1S/2C4H11N.2C2H4F3O4P.2C2H7N/c2*1-3-5-4-2;2*3-2(4,5)1-9-10(6,7)8;2*1-3-2/h2*5H,3-4H2,1-2H3;2*1H2,(H2,6,7,8);2*3H,1-2H3. The van der Waals surface area contributed by atoms with Crippen LogP contribution in [0.25, 0.3) is 0 Å². The van der Waals surface area contributed by atoms with Crippen LogP contribution in [0.4, 0.5) is 26.3 Å². The molecule has 0 saturated carbocycles. The van der Waals surface area contributed by atoms with Crippen molar-refractivity contribution in [1.82, 2.24) is 21.3 Å². The highest BCUT2D eigenvalue weighted by molar-refractivity contribution is 7.46. The van der Waals surface area contributed by atoms with E-state index in [-0.39, 0.29) is 0 Å². The molecule has 0 unspecified atom stereocenters. The minimum absolute atomic E-state index is 1.09. The SMILES string of the molecule is CCNCC.CCNCC.CNC.CNC.O=P(O)(O)OCC(F)(F)F.O=P(O)(O)OCC(F)(F)F. The van der Waals surface area contributed by atoms with Crippen LogP contribution in [-0.2, 0) is 18.2 Å². The molecular weight excluding hydrogens is 552 g/mol. The minimum atomic E-state index is -4.98. The zero-order valence-electron chi connectivity index (χ0n) is 21.8. The normalized spacial score (nSPS) is 10.9. The molecule has 0 aliphatic rings. The zero-order valence-corrected chi connectivity index (χ0v) is 23.6. The van der Waals surface area contributed by atoms with Crippen molar-refractivity contribution >= 4 is 15.6 Å². The van der Waals surface area contributed by atoms with Gasteiger partial charge in [0.2, 0.25) is 0 Å². The van der Waals surface area contributed by atoms with E-state index in [9.17, 15) is 35.5 Å². The summed E-state index contributed by atoms with van der Waals surface area (Å²) in [7, 11) is -2.46. The third kappa shape index (κ3) is 115. The van der Waals surface area contributed by atoms with Gasteiger partial charge in [-0.05, 0) is 54.4 Å². The van der Waals surface area contributed by atoms with Gasteiger partial charge < -0.3 is 40.8 Å². The summed E-state index contributed by atoms with van der Waals surface area (Å²) in [6, 6.07) is 0. The number of alkyl halides is 6. The molecule has 0 saturated heterocycles. The fourth-order valence-electron chi connectivity index (χ4n) is 0.815. The number of phosphoric acid groups is 2. The van der Waals surface area contributed by atoms with Gasteiger partial charge >= 0.3 is 28.0 Å². The summed E-state index contributed by atoms with van der Waals surface area (Å²) in [6.45, 7) is 8.91. The van der Waals surface area contributed by atoms with Gasteiger partial charge in [0.05, 0.1) is 0 Å². The second kappa shape index (κ2) is 30.9. The molecule has 36 heavy (non-hydrogen) atoms. The molecule has 0 aliphatic carbocycles. The summed E-state index contributed by atoms with van der Waals surface area (Å²) in [6.07, 6.45) is -9.41. The smallest absolute Gasteiger partial charge is 0.323 e. The molecule has 20 heteroatoms. The fourth-order valence-corrected chi connectivity index (χ4v) is 1.44. The molecule has 228 valence electrons. The molecule has 0 radical (unpaired) electrons. The summed E-state index contributed by atoms with van der Waals surface area (Å²) >= 11 is 0. The van der Waals surface area contributed by atoms with Crippen LogP contribution in [0.2, 0.25) is 0 Å². The van der Waals surface area contributed by atoms with E-state index in [1.165, 1.54) is 0 Å². The predicted octanol–water partition coefficient (Wildman–Crippen LogP) is 2.22. The molecule has 0 heterocycles. The average Bonchev–Trinajstić information content (AvgIpc) is 2.67. The van der Waals surface area contributed by atoms with E-state index in [2.05, 4.69) is 58.0 Å². The van der Waals surface area contributed by atoms with E-state index in [4.69, 9.17) is 19.6 Å². The first-order chi connectivity index (χ1) is 16.1. The molecule has 0 aromatic heterocycles. The van der Waals surface area contributed by atoms with Gasteiger partial charge in [-0.25, -0.2) is 9.13 Å². The first-order valence-corrected chi connectivity index (χ1v) is 13.3. The molecule has 0 bridgehead atoms. The van der Waals surface area contributed by atoms with Crippen LogP contribution in [0, 0.1) is 0 Å². The van der Waals surface area contributed by atoms with Crippen LogP contribution in [0.1, 0.15) is 27.7 Å². The third-order valence-electron chi connectivity index (χ3n) is 1.79. The lowest BCUT2D eigenvalue weighted by Gasteiger charge is -2.07. The van der Waals surface area contributed by atoms with E-state index in [0.717, 1.165) is 26.2 Å². The maximum absolute atomic E-state index is 11.1. The Morgan fingerprint density at radius 2 is 0.750 bits per heavy atom. The quantitative estimate of drug-likeness (QED) is 0.151. The van der Waals surface area contributed by atoms with Crippen molar-refractivity contribution in [3.63, 3.8) is 0 Å². The van der Waals surface area contributed by atoms with E-state index in [1.807, 2.05) is 28.2 Å². The molecule has 8 N–H and O–H groups in total. The van der Waals surface area contributed by atoms with Crippen LogP contribution in [0.3, 0.4) is 0 Å². The lowest BCUT2D eigenvalue weighted by Crippen LogP contribution is -2.15. The largest absolute Gasteiger partial charge is 0.469 e. The van der Waals surface area contributed by atoms with Crippen LogP contribution >= 0.6 is 15.6 Å². The third-order valence-corrected chi connectivity index (χ3v) is 2.72. The Kier molecular flexibility index (Phi) is 41.7. The van der Waals surface area contributed by atoms with E-state index < -0.39 is 41.2 Å². The van der Waals surface area contributed by atoms with Gasteiger partial charge in [-0.3, -0.25) is 9.05 Å². The Balaban J connectivity index is -0.0000000804. The van der Waals surface area contributed by atoms with Crippen LogP contribution in [0.15, 0.2) is 0 Å². The number of rotatable bonds is 8. The highest BCUT2D eigenvalue weighted by Crippen LogP contribution is 2.38. The van der Waals surface area contributed by atoms with Crippen molar-refractivity contribution in [2.45, 2.75) is 40.0 Å². The number of hydrogen-bond acceptors (Lipinski definition) is 8. The molecule has 0 atom stereocenters. The first-order valence-electron chi connectivity index (χ1n) is 10.2. The second-order valence-corrected chi connectivity index (χ2v) is 8.15. The van der Waals surface area contributed by atoms with Gasteiger partial charge in [0, 0.05) is 0 Å². The van der Waals surface area contributed by atoms with Crippen molar-refractivity contribution in [1.29, 1.82) is 0 Å². The number of phosphoric ester groups is 2. The predicted molar refractivity (Wildman–Crippen MR) is 127 cm³/mol. The number of halogens is 6. The molecule has 0 rings (SSSR count). The van der Waals surface area contributed by atoms with Crippen LogP contribution in [0.5, 0.6) is 0 Å². The van der Waals surface area contributed by atoms with Crippen molar-refractivity contribution in [2.75, 3.05) is 67.6 Å². The van der Waals surface area contributed by atoms with E-state index in [0.29, 0.717) is 0 Å². The summed E-state index contributed by atoms with van der Waals surface area (Å²) in [5.74, 6) is 0. The van der Waals surface area contributed by atoms with Crippen molar-refractivity contribution in [3.8, 4) is 0 Å². The first kappa shape index (κ1) is 48.7. The number of hydrogen-bond donors (Lipinski definition) is 8. The highest BCUT2D eigenvalue weighted by atomic mass is 31.2. The summed E-state index contributed by atoms with van der Waals surface area (Å²) in [5, 5.41) is 11.7. The molecular formula is C16H44F6N4O8P2. The average molecular weight is 596 g/mol. The zero-order chi connectivity index (χ0) is 30.5. The summed E-state index contributed by atoms with van der Waals surface area (Å²) in [5.41, 5.74) is 0. The van der Waals surface area contributed by atoms with Gasteiger partial charge in [-0.1, -0.05) is 27.7 Å². The monoisotopic (exact) mass is 596 g/mol. The lowest BCUT2D eigenvalue weighted by atomic mass is 10.7. The van der Waals surface area contributed by atoms with Crippen LogP contribution in [-0.4, -0.2) is 99.5 Å². The number of nitrogens with one attached hydrogen (secondary N) is 4. The van der Waals surface area contributed by atoms with Crippen molar-refractivity contribution in [3.05, 3.63) is 0 Å². The Morgan fingerprint density at radius 3 is 0.778 bits per heavy atom. The molecule has 0 aliphatic heterocycles. The minimum Gasteiger partial charge on any atom is -0.323 e. The molecule has 0 aromatic rings. The van der Waals surface area contributed by atoms with E-state index >= 15 is 0 Å². The molecule has 0 aromatic carbocycles. The molecule has 0 fully saturated rings. The Bertz CT molecular complexity index is 462. The maximum Gasteiger partial charge on any atom is 0.469 e. The molecule has 0 spiro atoms. The lowest BCUT2D eigenvalue weighted by molar-refractivity contribution is -0.157.